The summed E-state index contributed by atoms with van der Waals surface area (Å²) in [6, 6.07) is 6.44. The van der Waals surface area contributed by atoms with Gasteiger partial charge in [-0.2, -0.15) is 0 Å². The molecule has 15 heavy (non-hydrogen) atoms. The molecule has 0 saturated heterocycles. The number of nitrogens with two attached hydrogens (primary N) is 1. The van der Waals surface area contributed by atoms with Crippen molar-refractivity contribution in [2.45, 2.75) is 39.7 Å². The van der Waals surface area contributed by atoms with E-state index in [4.69, 9.17) is 5.73 Å². The molecule has 1 aromatic carbocycles. The van der Waals surface area contributed by atoms with Gasteiger partial charge in [-0.05, 0) is 30.0 Å². The first-order valence-corrected chi connectivity index (χ1v) is 6.41. The van der Waals surface area contributed by atoms with Crippen molar-refractivity contribution in [1.82, 2.24) is 0 Å². The molecule has 0 aromatic heterocycles. The van der Waals surface area contributed by atoms with E-state index in [0.717, 1.165) is 17.3 Å². The lowest BCUT2D eigenvalue weighted by Gasteiger charge is -2.23. The van der Waals surface area contributed by atoms with Gasteiger partial charge < -0.3 is 5.73 Å². The smallest absolute Gasteiger partial charge is 0.0326 e. The molecule has 1 atom stereocenters. The number of hydrogen-bond donors (Lipinski definition) is 1. The van der Waals surface area contributed by atoms with E-state index in [9.17, 15) is 0 Å². The lowest BCUT2D eigenvalue weighted by atomic mass is 9.87. The molecule has 0 heterocycles. The molecule has 1 nitrogen and oxygen atoms in total. The predicted molar refractivity (Wildman–Crippen MR) is 69.9 cm³/mol. The van der Waals surface area contributed by atoms with E-state index >= 15 is 0 Å². The highest BCUT2D eigenvalue weighted by atomic mass is 79.9. The average Bonchev–Trinajstić information content (AvgIpc) is 2.23. The third-order valence-electron chi connectivity index (χ3n) is 3.23. The second-order valence-electron chi connectivity index (χ2n) is 4.06. The summed E-state index contributed by atoms with van der Waals surface area (Å²) in [5.41, 5.74) is 8.86. The summed E-state index contributed by atoms with van der Waals surface area (Å²) in [7, 11) is 0. The van der Waals surface area contributed by atoms with E-state index in [1.165, 1.54) is 11.1 Å². The summed E-state index contributed by atoms with van der Waals surface area (Å²) < 4.78 is 1.15. The fourth-order valence-electron chi connectivity index (χ4n) is 2.04. The Hall–Kier alpha value is -0.340. The van der Waals surface area contributed by atoms with Crippen LogP contribution in [0.4, 0.5) is 0 Å². The Morgan fingerprint density at radius 3 is 2.40 bits per heavy atom. The van der Waals surface area contributed by atoms with Crippen LogP contribution < -0.4 is 5.73 Å². The highest BCUT2D eigenvalue weighted by molar-refractivity contribution is 9.10. The molecule has 0 aliphatic carbocycles. The summed E-state index contributed by atoms with van der Waals surface area (Å²) in [4.78, 5) is 0. The Kier molecular flexibility index (Phi) is 4.81. The zero-order valence-corrected chi connectivity index (χ0v) is 11.3. The van der Waals surface area contributed by atoms with E-state index in [2.05, 4.69) is 54.9 Å². The van der Waals surface area contributed by atoms with Crippen LogP contribution in [0.25, 0.3) is 0 Å². The van der Waals surface area contributed by atoms with Crippen LogP contribution in [0, 0.1) is 12.8 Å². The van der Waals surface area contributed by atoms with Gasteiger partial charge in [-0.25, -0.2) is 0 Å². The maximum Gasteiger partial charge on any atom is 0.0326 e. The van der Waals surface area contributed by atoms with Crippen molar-refractivity contribution in [1.29, 1.82) is 0 Å². The van der Waals surface area contributed by atoms with Gasteiger partial charge in [0.05, 0.1) is 0 Å². The second kappa shape index (κ2) is 5.66. The first-order valence-electron chi connectivity index (χ1n) is 5.62. The molecule has 1 aromatic rings. The molecule has 84 valence electrons. The highest BCUT2D eigenvalue weighted by Gasteiger charge is 2.18. The summed E-state index contributed by atoms with van der Waals surface area (Å²) in [5.74, 6) is 0.581. The molecule has 0 fully saturated rings. The topological polar surface area (TPSA) is 26.0 Å². The lowest BCUT2D eigenvalue weighted by Crippen LogP contribution is -2.21. The van der Waals surface area contributed by atoms with Gasteiger partial charge in [0.15, 0.2) is 0 Å². The molecule has 0 aliphatic rings. The first-order chi connectivity index (χ1) is 7.11. The summed E-state index contributed by atoms with van der Waals surface area (Å²) in [5, 5.41) is 0. The minimum Gasteiger partial charge on any atom is -0.324 e. The van der Waals surface area contributed by atoms with Gasteiger partial charge in [-0.3, -0.25) is 0 Å². The Morgan fingerprint density at radius 2 is 1.87 bits per heavy atom. The van der Waals surface area contributed by atoms with Gasteiger partial charge >= 0.3 is 0 Å². The SMILES string of the molecule is CCC(CC)C(N)c1cccc(Br)c1C. The lowest BCUT2D eigenvalue weighted by molar-refractivity contribution is 0.404. The number of benzene rings is 1. The van der Waals surface area contributed by atoms with E-state index in [0.29, 0.717) is 5.92 Å². The van der Waals surface area contributed by atoms with Crippen molar-refractivity contribution >= 4 is 15.9 Å². The second-order valence-corrected chi connectivity index (χ2v) is 4.91. The van der Waals surface area contributed by atoms with Gasteiger partial charge in [0, 0.05) is 10.5 Å². The molecule has 0 aliphatic heterocycles. The van der Waals surface area contributed by atoms with E-state index < -0.39 is 0 Å². The zero-order chi connectivity index (χ0) is 11.4. The largest absolute Gasteiger partial charge is 0.324 e. The van der Waals surface area contributed by atoms with Crippen LogP contribution in [0.3, 0.4) is 0 Å². The summed E-state index contributed by atoms with van der Waals surface area (Å²) in [6.45, 7) is 6.55. The molecule has 0 saturated carbocycles. The number of hydrogen-bond acceptors (Lipinski definition) is 1. The third-order valence-corrected chi connectivity index (χ3v) is 4.08. The van der Waals surface area contributed by atoms with Gasteiger partial charge in [-0.15, -0.1) is 0 Å². The van der Waals surface area contributed by atoms with Crippen LogP contribution in [-0.2, 0) is 0 Å². The molecular formula is C13H20BrN. The van der Waals surface area contributed by atoms with Crippen molar-refractivity contribution in [3.05, 3.63) is 33.8 Å². The molecule has 1 unspecified atom stereocenters. The number of rotatable bonds is 4. The molecular weight excluding hydrogens is 250 g/mol. The Balaban J connectivity index is 2.99. The summed E-state index contributed by atoms with van der Waals surface area (Å²) >= 11 is 3.55. The third kappa shape index (κ3) is 2.82. The van der Waals surface area contributed by atoms with Crippen LogP contribution in [0.15, 0.2) is 22.7 Å². The molecule has 0 bridgehead atoms. The molecule has 0 radical (unpaired) electrons. The predicted octanol–water partition coefficient (Wildman–Crippen LogP) is 4.19. The Bertz CT molecular complexity index is 318. The van der Waals surface area contributed by atoms with Crippen LogP contribution in [0.5, 0.6) is 0 Å². The van der Waals surface area contributed by atoms with Crippen molar-refractivity contribution in [2.24, 2.45) is 11.7 Å². The van der Waals surface area contributed by atoms with E-state index in [1.54, 1.807) is 0 Å². The van der Waals surface area contributed by atoms with Gasteiger partial charge in [0.1, 0.15) is 0 Å². The van der Waals surface area contributed by atoms with Crippen LogP contribution in [0.2, 0.25) is 0 Å². The van der Waals surface area contributed by atoms with Gasteiger partial charge in [-0.1, -0.05) is 54.8 Å². The maximum absolute atomic E-state index is 6.31. The van der Waals surface area contributed by atoms with Crippen LogP contribution in [-0.4, -0.2) is 0 Å². The minimum atomic E-state index is 0.164. The number of halogens is 1. The molecule has 0 spiro atoms. The maximum atomic E-state index is 6.31. The quantitative estimate of drug-likeness (QED) is 0.872. The van der Waals surface area contributed by atoms with Crippen molar-refractivity contribution in [3.8, 4) is 0 Å². The fourth-order valence-corrected chi connectivity index (χ4v) is 2.42. The minimum absolute atomic E-state index is 0.164. The van der Waals surface area contributed by atoms with Crippen molar-refractivity contribution in [3.63, 3.8) is 0 Å². The normalized spacial score (nSPS) is 13.2. The van der Waals surface area contributed by atoms with Gasteiger partial charge in [0.25, 0.3) is 0 Å². The fraction of sp³-hybridized carbons (Fsp3) is 0.538. The monoisotopic (exact) mass is 269 g/mol. The average molecular weight is 270 g/mol. The van der Waals surface area contributed by atoms with E-state index in [1.807, 2.05) is 0 Å². The Labute approximate surface area is 101 Å². The molecule has 2 N–H and O–H groups in total. The van der Waals surface area contributed by atoms with E-state index in [-0.39, 0.29) is 6.04 Å². The molecule has 1 rings (SSSR count). The Morgan fingerprint density at radius 1 is 1.27 bits per heavy atom. The van der Waals surface area contributed by atoms with Gasteiger partial charge in [0.2, 0.25) is 0 Å². The zero-order valence-electron chi connectivity index (χ0n) is 9.76. The van der Waals surface area contributed by atoms with Crippen molar-refractivity contribution < 1.29 is 0 Å². The van der Waals surface area contributed by atoms with Crippen LogP contribution in [0.1, 0.15) is 43.9 Å². The highest BCUT2D eigenvalue weighted by Crippen LogP contribution is 2.30. The molecule has 0 amide bonds. The van der Waals surface area contributed by atoms with Crippen molar-refractivity contribution in [2.75, 3.05) is 0 Å². The van der Waals surface area contributed by atoms with Crippen LogP contribution >= 0.6 is 15.9 Å². The first kappa shape index (κ1) is 12.7. The standard InChI is InChI=1S/C13H20BrN/c1-4-10(5-2)13(15)11-7-6-8-12(14)9(11)3/h6-8,10,13H,4-5,15H2,1-3H3. The summed E-state index contributed by atoms with van der Waals surface area (Å²) in [6.07, 6.45) is 2.28. The molecule has 2 heteroatoms.